The maximum absolute atomic E-state index is 13.4. The van der Waals surface area contributed by atoms with Gasteiger partial charge in [-0.05, 0) is 238 Å². The predicted molar refractivity (Wildman–Crippen MR) is 362 cm³/mol. The lowest BCUT2D eigenvalue weighted by Crippen LogP contribution is -2.51. The van der Waals surface area contributed by atoms with E-state index in [2.05, 4.69) is 77.0 Å². The number of hydrogen-bond donors (Lipinski definition) is 3. The number of amides is 2. The molecular formula is C69H101Cl2N7O12S2. The number of halogens is 2. The Hall–Kier alpha value is -4.46. The third-order valence-electron chi connectivity index (χ3n) is 18.5. The van der Waals surface area contributed by atoms with Gasteiger partial charge in [-0.3, -0.25) is 14.6 Å². The van der Waals surface area contributed by atoms with E-state index in [-0.39, 0.29) is 71.4 Å². The molecule has 23 heteroatoms. The average Bonchev–Trinajstić information content (AvgIpc) is 1.62. The summed E-state index contributed by atoms with van der Waals surface area (Å²) in [4.78, 5) is 34.8. The van der Waals surface area contributed by atoms with E-state index >= 15 is 0 Å². The zero-order valence-corrected chi connectivity index (χ0v) is 58.6. The molecule has 2 saturated heterocycles. The number of fused-ring (bicyclic) bond motifs is 2. The summed E-state index contributed by atoms with van der Waals surface area (Å²) < 4.78 is 92.2. The Kier molecular flexibility index (Phi) is 28.3. The van der Waals surface area contributed by atoms with Crippen LogP contribution in [0.25, 0.3) is 0 Å². The van der Waals surface area contributed by atoms with Gasteiger partial charge in [0.2, 0.25) is 10.0 Å². The molecule has 0 unspecified atom stereocenters. The number of rotatable bonds is 37. The highest BCUT2D eigenvalue weighted by atomic mass is 35.5. The highest BCUT2D eigenvalue weighted by molar-refractivity contribution is 7.91. The molecule has 6 atom stereocenters. The number of aryl methyl sites for hydroxylation is 4. The second-order valence-electron chi connectivity index (χ2n) is 25.7. The smallest absolute Gasteiger partial charge is 0.314 e. The standard InChI is InChI=1S/C69H101Cl2N7O12S2/c1-48-38-52(70)42-61-59(48)44-63(77-27-12-16-54(46-77)75(5)6)67(61)89-65-22-20-57(40-50(65)3)91(81,82)37-15-30-86-34-35-87-31-25-73-69(80)72-24-11-9-10-18-56(79)19-14-29-85-33-36-88-32-26-74-92(83,84)58-21-23-66(51(4)41-58)90-68-62-43-53(71)39-49(2)60(62)45-64(68)78-28-13-17-55(47-78)76(7)8/h20-23,38-43,54-55,63-64,67-68,74H,9-19,24-37,44-47H2,1-8H3,(H2,72,73,80)/t54-,55-,63+,64+,67+,68+/m1/s1. The summed E-state index contributed by atoms with van der Waals surface area (Å²) in [6.07, 6.45) is 9.97. The van der Waals surface area contributed by atoms with Crippen LogP contribution in [0, 0.1) is 27.7 Å². The summed E-state index contributed by atoms with van der Waals surface area (Å²) in [5, 5.41) is 6.97. The Bertz CT molecular complexity index is 3090. The Morgan fingerprint density at radius 3 is 1.55 bits per heavy atom. The van der Waals surface area contributed by atoms with Crippen LogP contribution in [0.2, 0.25) is 10.0 Å². The molecule has 510 valence electrons. The van der Waals surface area contributed by atoms with Gasteiger partial charge in [0.05, 0.1) is 67.3 Å². The van der Waals surface area contributed by atoms with Crippen LogP contribution in [-0.2, 0) is 56.4 Å². The van der Waals surface area contributed by atoms with Crippen LogP contribution < -0.4 is 24.8 Å². The number of likely N-dealkylation sites (N-methyl/N-ethyl adjacent to an activating group) is 2. The molecule has 19 nitrogen and oxygen atoms in total. The normalized spacial score (nSPS) is 20.4. The van der Waals surface area contributed by atoms with E-state index in [4.69, 9.17) is 51.6 Å². The number of likely N-dealkylation sites (tertiary alicyclic amines) is 2. The van der Waals surface area contributed by atoms with Crippen LogP contribution in [0.3, 0.4) is 0 Å². The van der Waals surface area contributed by atoms with Gasteiger partial charge in [0.15, 0.2) is 9.84 Å². The molecule has 4 aromatic rings. The lowest BCUT2D eigenvalue weighted by atomic mass is 10.0. The number of nitrogens with zero attached hydrogens (tertiary/aromatic N) is 4. The van der Waals surface area contributed by atoms with Gasteiger partial charge in [-0.25, -0.2) is 26.4 Å². The van der Waals surface area contributed by atoms with Gasteiger partial charge < -0.3 is 48.9 Å². The fraction of sp³-hybridized carbons (Fsp3) is 0.623. The minimum atomic E-state index is -3.80. The zero-order chi connectivity index (χ0) is 66.0. The molecule has 92 heavy (non-hydrogen) atoms. The van der Waals surface area contributed by atoms with Crippen molar-refractivity contribution in [3.63, 3.8) is 0 Å². The van der Waals surface area contributed by atoms with Crippen molar-refractivity contribution in [2.75, 3.05) is 133 Å². The van der Waals surface area contributed by atoms with Crippen LogP contribution in [0.5, 0.6) is 11.5 Å². The number of hydrogen-bond acceptors (Lipinski definition) is 16. The number of Topliss-reactive ketones (excluding diaryl/α,β-unsaturated/α-hetero) is 1. The lowest BCUT2D eigenvalue weighted by Gasteiger charge is -2.41. The molecule has 0 saturated carbocycles. The second-order valence-corrected chi connectivity index (χ2v) is 30.5. The van der Waals surface area contributed by atoms with Gasteiger partial charge in [-0.2, -0.15) is 0 Å². The van der Waals surface area contributed by atoms with E-state index in [0.717, 1.165) is 105 Å². The molecule has 0 bridgehead atoms. The SMILES string of the molecule is Cc1cc(S(=O)(=O)CCCOCCOCCNC(=O)NCCCCCC(=O)CCCOCCOCCNS(=O)(=O)c2ccc(O[C@H]3c4cc(Cl)cc(C)c4C[C@@H]3N3CCC[C@@H](N(C)C)C3)c(C)c2)ccc1O[C@H]1c2cc(Cl)cc(C)c2C[C@@H]1N1CCC[C@@H](N(C)C)C1. The third kappa shape index (κ3) is 21.0. The average molecular weight is 1360 g/mol. The number of carbonyl (C=O) groups excluding carboxylic acids is 2. The Labute approximate surface area is 558 Å². The van der Waals surface area contributed by atoms with Gasteiger partial charge in [-0.1, -0.05) is 29.6 Å². The first-order valence-electron chi connectivity index (χ1n) is 33.1. The molecule has 2 fully saturated rings. The van der Waals surface area contributed by atoms with Crippen molar-refractivity contribution in [1.82, 2.24) is 35.0 Å². The number of benzene rings is 4. The quantitative estimate of drug-likeness (QED) is 0.0359. The Morgan fingerprint density at radius 2 is 1.02 bits per heavy atom. The number of piperidine rings is 2. The summed E-state index contributed by atoms with van der Waals surface area (Å²) in [6, 6.07) is 19.1. The van der Waals surface area contributed by atoms with Crippen molar-refractivity contribution in [3.8, 4) is 11.5 Å². The van der Waals surface area contributed by atoms with Crippen LogP contribution in [0.4, 0.5) is 4.79 Å². The molecule has 0 aromatic heterocycles. The minimum absolute atomic E-state index is 0.0538. The van der Waals surface area contributed by atoms with Gasteiger partial charge in [0.25, 0.3) is 0 Å². The number of carbonyl (C=O) groups is 2. The first-order chi connectivity index (χ1) is 44.1. The monoisotopic (exact) mass is 1350 g/mol. The third-order valence-corrected chi connectivity index (χ3v) is 22.2. The van der Waals surface area contributed by atoms with Gasteiger partial charge in [0, 0.05) is 80.9 Å². The number of ketones is 1. The van der Waals surface area contributed by atoms with Crippen molar-refractivity contribution in [1.29, 1.82) is 0 Å². The van der Waals surface area contributed by atoms with Gasteiger partial charge in [0.1, 0.15) is 29.5 Å². The Morgan fingerprint density at radius 1 is 0.543 bits per heavy atom. The maximum atomic E-state index is 13.4. The molecule has 3 N–H and O–H groups in total. The van der Waals surface area contributed by atoms with E-state index in [0.29, 0.717) is 112 Å². The van der Waals surface area contributed by atoms with Crippen LogP contribution in [-0.4, -0.2) is 205 Å². The number of nitrogens with one attached hydrogen (secondary N) is 3. The number of unbranched alkanes of at least 4 members (excludes halogenated alkanes) is 2. The van der Waals surface area contributed by atoms with E-state index in [9.17, 15) is 26.4 Å². The van der Waals surface area contributed by atoms with Crippen LogP contribution in [0.1, 0.15) is 127 Å². The fourth-order valence-corrected chi connectivity index (χ4v) is 16.3. The molecule has 8 rings (SSSR count). The lowest BCUT2D eigenvalue weighted by molar-refractivity contribution is -0.119. The molecule has 2 aliphatic carbocycles. The molecular weight excluding hydrogens is 1250 g/mol. The molecule has 4 aromatic carbocycles. The van der Waals surface area contributed by atoms with Crippen molar-refractivity contribution < 1.29 is 54.8 Å². The van der Waals surface area contributed by atoms with Crippen molar-refractivity contribution in [2.45, 2.75) is 157 Å². The van der Waals surface area contributed by atoms with Gasteiger partial charge in [-0.15, -0.1) is 0 Å². The minimum Gasteiger partial charge on any atom is -0.484 e. The fourth-order valence-electron chi connectivity index (χ4n) is 13.3. The van der Waals surface area contributed by atoms with Crippen LogP contribution >= 0.6 is 23.2 Å². The summed E-state index contributed by atoms with van der Waals surface area (Å²) in [7, 11) is 1.21. The largest absolute Gasteiger partial charge is 0.484 e. The molecule has 4 aliphatic rings. The second kappa shape index (κ2) is 35.5. The molecule has 0 spiro atoms. The Balaban J connectivity index is 0.599. The topological polar surface area (TPSA) is 207 Å². The van der Waals surface area contributed by atoms with Crippen molar-refractivity contribution in [3.05, 3.63) is 115 Å². The van der Waals surface area contributed by atoms with E-state index < -0.39 is 19.9 Å². The van der Waals surface area contributed by atoms with Crippen molar-refractivity contribution >= 4 is 54.9 Å². The highest BCUT2D eigenvalue weighted by Gasteiger charge is 2.43. The molecule has 2 amide bonds. The maximum Gasteiger partial charge on any atom is 0.314 e. The van der Waals surface area contributed by atoms with E-state index in [1.807, 2.05) is 38.1 Å². The first kappa shape index (κ1) is 73.4. The molecule has 2 heterocycles. The van der Waals surface area contributed by atoms with E-state index in [1.165, 1.54) is 24.0 Å². The summed E-state index contributed by atoms with van der Waals surface area (Å²) in [5.74, 6) is 1.42. The van der Waals surface area contributed by atoms with Crippen molar-refractivity contribution in [2.24, 2.45) is 0 Å². The predicted octanol–water partition coefficient (Wildman–Crippen LogP) is 9.79. The zero-order valence-electron chi connectivity index (χ0n) is 55.5. The van der Waals surface area contributed by atoms with Crippen LogP contribution in [0.15, 0.2) is 70.5 Å². The number of sulfone groups is 1. The molecule has 0 radical (unpaired) electrons. The number of ether oxygens (including phenoxy) is 6. The summed E-state index contributed by atoms with van der Waals surface area (Å²) >= 11 is 13.2. The van der Waals surface area contributed by atoms with E-state index in [1.54, 1.807) is 36.4 Å². The molecule has 2 aliphatic heterocycles. The highest BCUT2D eigenvalue weighted by Crippen LogP contribution is 2.45. The first-order valence-corrected chi connectivity index (χ1v) is 37.0. The summed E-state index contributed by atoms with van der Waals surface area (Å²) in [5.41, 5.74) is 8.56. The number of sulfonamides is 1. The number of urea groups is 1. The summed E-state index contributed by atoms with van der Waals surface area (Å²) in [6.45, 7) is 15.2. The van der Waals surface area contributed by atoms with Gasteiger partial charge >= 0.3 is 6.03 Å².